The van der Waals surface area contributed by atoms with E-state index in [1.54, 1.807) is 23.1 Å². The van der Waals surface area contributed by atoms with Crippen LogP contribution in [0.3, 0.4) is 0 Å². The van der Waals surface area contributed by atoms with Crippen molar-refractivity contribution in [3.63, 3.8) is 0 Å². The summed E-state index contributed by atoms with van der Waals surface area (Å²) in [5, 5.41) is 8.51. The molecule has 2 aromatic carbocycles. The van der Waals surface area contributed by atoms with E-state index in [0.717, 1.165) is 28.1 Å². The fraction of sp³-hybridized carbons (Fsp3) is 0.273. The molecule has 2 aromatic rings. The van der Waals surface area contributed by atoms with E-state index >= 15 is 0 Å². The molecular formula is C22H21ClN4O4S. The Kier molecular flexibility index (Phi) is 5.87. The lowest BCUT2D eigenvalue weighted by Crippen LogP contribution is -2.49. The highest BCUT2D eigenvalue weighted by molar-refractivity contribution is 8.15. The lowest BCUT2D eigenvalue weighted by Gasteiger charge is -2.29. The van der Waals surface area contributed by atoms with E-state index in [2.05, 4.69) is 10.4 Å². The lowest BCUT2D eigenvalue weighted by molar-refractivity contribution is -0.139. The van der Waals surface area contributed by atoms with E-state index in [1.165, 1.54) is 13.8 Å². The Bertz CT molecular complexity index is 1150. The average Bonchev–Trinajstić information content (AvgIpc) is 3.21. The Labute approximate surface area is 194 Å². The molecule has 8 nitrogen and oxygen atoms in total. The fourth-order valence-corrected chi connectivity index (χ4v) is 5.27. The van der Waals surface area contributed by atoms with E-state index in [4.69, 9.17) is 16.3 Å². The Hall–Kier alpha value is -3.04. The summed E-state index contributed by atoms with van der Waals surface area (Å²) in [6.45, 7) is 5.11. The van der Waals surface area contributed by atoms with Crippen LogP contribution >= 0.6 is 23.4 Å². The van der Waals surface area contributed by atoms with Crippen LogP contribution in [0, 0.1) is 6.92 Å². The Morgan fingerprint density at radius 1 is 1.22 bits per heavy atom. The van der Waals surface area contributed by atoms with Crippen molar-refractivity contribution in [1.29, 1.82) is 0 Å². The summed E-state index contributed by atoms with van der Waals surface area (Å²) in [4.78, 5) is 37.9. The molecule has 166 valence electrons. The van der Waals surface area contributed by atoms with Crippen LogP contribution in [-0.2, 0) is 19.3 Å². The maximum atomic E-state index is 13.8. The van der Waals surface area contributed by atoms with Crippen LogP contribution in [-0.4, -0.2) is 41.0 Å². The van der Waals surface area contributed by atoms with Gasteiger partial charge in [-0.3, -0.25) is 14.4 Å². The van der Waals surface area contributed by atoms with Crippen molar-refractivity contribution >= 4 is 51.9 Å². The first-order valence-corrected chi connectivity index (χ1v) is 11.1. The van der Waals surface area contributed by atoms with Gasteiger partial charge >= 0.3 is 0 Å². The number of nitrogens with one attached hydrogen (secondary N) is 1. The van der Waals surface area contributed by atoms with Gasteiger partial charge in [0.25, 0.3) is 5.91 Å². The number of benzene rings is 2. The summed E-state index contributed by atoms with van der Waals surface area (Å²) in [5.41, 5.74) is 2.15. The number of carbonyl (C=O) groups excluding carboxylic acids is 3. The van der Waals surface area contributed by atoms with Crippen molar-refractivity contribution in [1.82, 2.24) is 10.3 Å². The molecule has 2 aliphatic rings. The minimum atomic E-state index is -1.48. The molecule has 2 aliphatic heterocycles. The van der Waals surface area contributed by atoms with Crippen molar-refractivity contribution in [3.8, 4) is 5.75 Å². The SMILES string of the molecule is CC(=O)NC1=NN(C(C)=O)[C@]2(S1)C(=O)N(CCOc1ccccc1C)c1ccc(Cl)cc12. The van der Waals surface area contributed by atoms with E-state index < -0.39 is 10.8 Å². The van der Waals surface area contributed by atoms with Crippen LogP contribution < -0.4 is 15.0 Å². The van der Waals surface area contributed by atoms with Crippen LogP contribution in [0.25, 0.3) is 0 Å². The zero-order valence-electron chi connectivity index (χ0n) is 17.7. The number of amides is 3. The fourth-order valence-electron chi connectivity index (χ4n) is 3.77. The van der Waals surface area contributed by atoms with Crippen molar-refractivity contribution in [2.24, 2.45) is 5.10 Å². The van der Waals surface area contributed by atoms with Gasteiger partial charge < -0.3 is 15.0 Å². The maximum absolute atomic E-state index is 13.8. The standard InChI is InChI=1S/C22H21ClN4O4S/c1-13-6-4-5-7-19(13)31-11-10-26-18-9-8-16(23)12-17(18)22(20(26)30)27(15(3)29)25-21(32-22)24-14(2)28/h4-9,12H,10-11H2,1-3H3,(H,24,25,28)/t22-/m1/s1. The average molecular weight is 473 g/mol. The Morgan fingerprint density at radius 3 is 2.66 bits per heavy atom. The number of carbonyl (C=O) groups is 3. The quantitative estimate of drug-likeness (QED) is 0.737. The third-order valence-electron chi connectivity index (χ3n) is 5.13. The number of para-hydroxylation sites is 1. The van der Waals surface area contributed by atoms with Crippen LogP contribution in [0.1, 0.15) is 25.0 Å². The van der Waals surface area contributed by atoms with Gasteiger partial charge in [-0.25, -0.2) is 0 Å². The number of nitrogens with zero attached hydrogens (tertiary/aromatic N) is 3. The molecule has 1 spiro atoms. The number of fused-ring (bicyclic) bond motifs is 2. The molecule has 32 heavy (non-hydrogen) atoms. The van der Waals surface area contributed by atoms with Crippen LogP contribution in [0.2, 0.25) is 5.02 Å². The van der Waals surface area contributed by atoms with Crippen molar-refractivity contribution in [2.75, 3.05) is 18.1 Å². The summed E-state index contributed by atoms with van der Waals surface area (Å²) in [5.74, 6) is -0.401. The summed E-state index contributed by atoms with van der Waals surface area (Å²) in [7, 11) is 0. The van der Waals surface area contributed by atoms with Crippen LogP contribution in [0.15, 0.2) is 47.6 Å². The van der Waals surface area contributed by atoms with Gasteiger partial charge in [0.05, 0.1) is 12.2 Å². The van der Waals surface area contributed by atoms with Gasteiger partial charge in [-0.2, -0.15) is 5.01 Å². The molecular weight excluding hydrogens is 452 g/mol. The molecule has 3 amide bonds. The smallest absolute Gasteiger partial charge is 0.270 e. The topological polar surface area (TPSA) is 91.3 Å². The summed E-state index contributed by atoms with van der Waals surface area (Å²) in [6.07, 6.45) is 0. The molecule has 0 unspecified atom stereocenters. The van der Waals surface area contributed by atoms with Gasteiger partial charge in [-0.05, 0) is 48.5 Å². The number of amidine groups is 1. The minimum absolute atomic E-state index is 0.171. The number of hydrogen-bond donors (Lipinski definition) is 1. The second-order valence-corrected chi connectivity index (χ2v) is 9.01. The maximum Gasteiger partial charge on any atom is 0.270 e. The van der Waals surface area contributed by atoms with Gasteiger partial charge in [-0.1, -0.05) is 29.8 Å². The molecule has 0 bridgehead atoms. The predicted molar refractivity (Wildman–Crippen MR) is 124 cm³/mol. The first-order valence-electron chi connectivity index (χ1n) is 9.90. The second kappa shape index (κ2) is 8.48. The van der Waals surface area contributed by atoms with E-state index in [-0.39, 0.29) is 30.1 Å². The van der Waals surface area contributed by atoms with Gasteiger partial charge in [0.2, 0.25) is 16.7 Å². The number of ether oxygens (including phenoxy) is 1. The molecule has 1 atom stereocenters. The molecule has 1 N–H and O–H groups in total. The molecule has 0 saturated heterocycles. The molecule has 0 aromatic heterocycles. The molecule has 0 aliphatic carbocycles. The van der Waals surface area contributed by atoms with E-state index in [9.17, 15) is 14.4 Å². The number of thioether (sulfide) groups is 1. The molecule has 2 heterocycles. The van der Waals surface area contributed by atoms with Crippen molar-refractivity contribution in [3.05, 3.63) is 58.6 Å². The van der Waals surface area contributed by atoms with E-state index in [1.807, 2.05) is 31.2 Å². The molecule has 0 radical (unpaired) electrons. The Balaban J connectivity index is 1.67. The number of anilines is 1. The first-order chi connectivity index (χ1) is 15.2. The van der Waals surface area contributed by atoms with Gasteiger partial charge in [-0.15, -0.1) is 5.10 Å². The molecule has 4 rings (SSSR count). The third-order valence-corrected chi connectivity index (χ3v) is 6.61. The number of rotatable bonds is 4. The summed E-state index contributed by atoms with van der Waals surface area (Å²) in [6, 6.07) is 12.7. The van der Waals surface area contributed by atoms with Crippen LogP contribution in [0.4, 0.5) is 5.69 Å². The number of hydrazone groups is 1. The number of halogens is 1. The zero-order chi connectivity index (χ0) is 23.0. The molecule has 10 heteroatoms. The Morgan fingerprint density at radius 2 is 1.97 bits per heavy atom. The second-order valence-electron chi connectivity index (χ2n) is 7.40. The normalized spacial score (nSPS) is 19.2. The minimum Gasteiger partial charge on any atom is -0.491 e. The number of aryl methyl sites for hydroxylation is 1. The van der Waals surface area contributed by atoms with Gasteiger partial charge in [0, 0.05) is 24.4 Å². The summed E-state index contributed by atoms with van der Waals surface area (Å²) >= 11 is 7.27. The monoisotopic (exact) mass is 472 g/mol. The van der Waals surface area contributed by atoms with E-state index in [0.29, 0.717) is 16.3 Å². The first kappa shape index (κ1) is 22.2. The number of hydrogen-bond acceptors (Lipinski definition) is 6. The third kappa shape index (κ3) is 3.71. The van der Waals surface area contributed by atoms with Gasteiger partial charge in [0.1, 0.15) is 12.4 Å². The lowest BCUT2D eigenvalue weighted by atomic mass is 10.1. The molecule has 0 saturated carbocycles. The largest absolute Gasteiger partial charge is 0.491 e. The highest BCUT2D eigenvalue weighted by Crippen LogP contribution is 2.54. The zero-order valence-corrected chi connectivity index (χ0v) is 19.3. The predicted octanol–water partition coefficient (Wildman–Crippen LogP) is 3.23. The summed E-state index contributed by atoms with van der Waals surface area (Å²) < 4.78 is 5.89. The highest BCUT2D eigenvalue weighted by atomic mass is 35.5. The van der Waals surface area contributed by atoms with Crippen molar-refractivity contribution in [2.45, 2.75) is 25.6 Å². The van der Waals surface area contributed by atoms with Crippen LogP contribution in [0.5, 0.6) is 5.75 Å². The molecule has 0 fully saturated rings. The highest BCUT2D eigenvalue weighted by Gasteiger charge is 2.61. The van der Waals surface area contributed by atoms with Crippen molar-refractivity contribution < 1.29 is 19.1 Å². The van der Waals surface area contributed by atoms with Gasteiger partial charge in [0.15, 0.2) is 5.17 Å².